The number of halogens is 3. The number of anilines is 1. The molecule has 1 aliphatic rings. The fraction of sp³-hybridized carbons (Fsp3) is 0.533. The molecule has 0 spiro atoms. The highest BCUT2D eigenvalue weighted by Crippen LogP contribution is 2.35. The predicted molar refractivity (Wildman–Crippen MR) is 72.1 cm³/mol. The van der Waals surface area contributed by atoms with Gasteiger partial charge in [0, 0.05) is 30.8 Å². The summed E-state index contributed by atoms with van der Waals surface area (Å²) in [5.74, 6) is -1.10. The first-order chi connectivity index (χ1) is 9.41. The first kappa shape index (κ1) is 14.9. The summed E-state index contributed by atoms with van der Waals surface area (Å²) in [6, 6.07) is 7.13. The van der Waals surface area contributed by atoms with E-state index in [1.807, 2.05) is 17.0 Å². The van der Waals surface area contributed by atoms with Crippen molar-refractivity contribution in [2.45, 2.75) is 32.4 Å². The highest BCUT2D eigenvalue weighted by atomic mass is 19.4. The molecular formula is C15H18F3NO. The molecule has 1 aromatic carbocycles. The van der Waals surface area contributed by atoms with Gasteiger partial charge in [-0.1, -0.05) is 6.92 Å². The third-order valence-electron chi connectivity index (χ3n) is 3.83. The molecule has 0 N–H and O–H groups in total. The Hall–Kier alpha value is -1.52. The molecule has 0 atom stereocenters. The molecule has 5 heteroatoms. The molecule has 1 fully saturated rings. The summed E-state index contributed by atoms with van der Waals surface area (Å²) in [6.45, 7) is 2.62. The van der Waals surface area contributed by atoms with Gasteiger partial charge < -0.3 is 4.90 Å². The van der Waals surface area contributed by atoms with E-state index in [1.54, 1.807) is 19.1 Å². The molecule has 0 aromatic heterocycles. The molecule has 0 radical (unpaired) electrons. The van der Waals surface area contributed by atoms with E-state index < -0.39 is 12.1 Å². The monoisotopic (exact) mass is 285 g/mol. The Morgan fingerprint density at radius 3 is 2.20 bits per heavy atom. The standard InChI is InChI=1S/C15H18F3NO/c1-2-14(20)11-3-5-13(6-4-11)19-9-7-12(8-10-19)15(16,17)18/h3-6,12H,2,7-10H2,1H3. The molecule has 2 rings (SSSR count). The minimum Gasteiger partial charge on any atom is -0.372 e. The zero-order valence-electron chi connectivity index (χ0n) is 11.4. The van der Waals surface area contributed by atoms with E-state index >= 15 is 0 Å². The summed E-state index contributed by atoms with van der Waals surface area (Å²) < 4.78 is 37.8. The lowest BCUT2D eigenvalue weighted by molar-refractivity contribution is -0.179. The van der Waals surface area contributed by atoms with Crippen molar-refractivity contribution in [1.29, 1.82) is 0 Å². The van der Waals surface area contributed by atoms with Crippen molar-refractivity contribution in [2.75, 3.05) is 18.0 Å². The average molecular weight is 285 g/mol. The summed E-state index contributed by atoms with van der Waals surface area (Å²) >= 11 is 0. The molecular weight excluding hydrogens is 267 g/mol. The molecule has 0 aliphatic carbocycles. The Bertz CT molecular complexity index is 459. The number of ketones is 1. The van der Waals surface area contributed by atoms with Gasteiger partial charge in [-0.25, -0.2) is 0 Å². The molecule has 2 nitrogen and oxygen atoms in total. The van der Waals surface area contributed by atoms with Crippen LogP contribution in [0.5, 0.6) is 0 Å². The second-order valence-corrected chi connectivity index (χ2v) is 5.13. The van der Waals surface area contributed by atoms with Gasteiger partial charge in [0.15, 0.2) is 5.78 Å². The van der Waals surface area contributed by atoms with Gasteiger partial charge in [-0.05, 0) is 37.1 Å². The van der Waals surface area contributed by atoms with Gasteiger partial charge in [-0.15, -0.1) is 0 Å². The lowest BCUT2D eigenvalue weighted by Gasteiger charge is -2.34. The molecule has 1 aromatic rings. The van der Waals surface area contributed by atoms with Gasteiger partial charge in [-0.2, -0.15) is 13.2 Å². The Morgan fingerprint density at radius 2 is 1.75 bits per heavy atom. The Kier molecular flexibility index (Phi) is 4.35. The molecule has 0 unspecified atom stereocenters. The van der Waals surface area contributed by atoms with Crippen molar-refractivity contribution in [1.82, 2.24) is 0 Å². The minimum atomic E-state index is -4.08. The molecule has 20 heavy (non-hydrogen) atoms. The van der Waals surface area contributed by atoms with Crippen LogP contribution in [0.2, 0.25) is 0 Å². The van der Waals surface area contributed by atoms with E-state index in [-0.39, 0.29) is 18.6 Å². The lowest BCUT2D eigenvalue weighted by atomic mass is 9.96. The summed E-state index contributed by atoms with van der Waals surface area (Å²) in [4.78, 5) is 13.5. The number of carbonyl (C=O) groups is 1. The maximum Gasteiger partial charge on any atom is 0.391 e. The van der Waals surface area contributed by atoms with Crippen LogP contribution in [-0.2, 0) is 0 Å². The van der Waals surface area contributed by atoms with Crippen molar-refractivity contribution < 1.29 is 18.0 Å². The van der Waals surface area contributed by atoms with Crippen LogP contribution in [0.3, 0.4) is 0 Å². The van der Waals surface area contributed by atoms with Gasteiger partial charge in [0.05, 0.1) is 5.92 Å². The first-order valence-corrected chi connectivity index (χ1v) is 6.86. The zero-order valence-corrected chi connectivity index (χ0v) is 11.4. The normalized spacial score (nSPS) is 17.3. The highest BCUT2D eigenvalue weighted by Gasteiger charge is 2.41. The summed E-state index contributed by atoms with van der Waals surface area (Å²) in [6.07, 6.45) is -3.35. The van der Waals surface area contributed by atoms with Crippen LogP contribution in [-0.4, -0.2) is 25.0 Å². The number of rotatable bonds is 3. The summed E-state index contributed by atoms with van der Waals surface area (Å²) in [5, 5.41) is 0. The second-order valence-electron chi connectivity index (χ2n) is 5.13. The fourth-order valence-electron chi connectivity index (χ4n) is 2.53. The maximum absolute atomic E-state index is 12.6. The zero-order chi connectivity index (χ0) is 14.8. The fourth-order valence-corrected chi connectivity index (χ4v) is 2.53. The van der Waals surface area contributed by atoms with E-state index in [0.29, 0.717) is 25.1 Å². The quantitative estimate of drug-likeness (QED) is 0.781. The smallest absolute Gasteiger partial charge is 0.372 e. The average Bonchev–Trinajstić information content (AvgIpc) is 2.46. The number of hydrogen-bond acceptors (Lipinski definition) is 2. The van der Waals surface area contributed by atoms with Gasteiger partial charge in [0.1, 0.15) is 0 Å². The van der Waals surface area contributed by atoms with E-state index in [0.717, 1.165) is 5.69 Å². The SMILES string of the molecule is CCC(=O)c1ccc(N2CCC(C(F)(F)F)CC2)cc1. The number of hydrogen-bond donors (Lipinski definition) is 0. The third-order valence-corrected chi connectivity index (χ3v) is 3.83. The number of piperidine rings is 1. The largest absolute Gasteiger partial charge is 0.391 e. The van der Waals surface area contributed by atoms with Crippen LogP contribution in [0.15, 0.2) is 24.3 Å². The topological polar surface area (TPSA) is 20.3 Å². The van der Waals surface area contributed by atoms with Gasteiger partial charge in [0.2, 0.25) is 0 Å². The third kappa shape index (κ3) is 3.32. The molecule has 0 amide bonds. The predicted octanol–water partition coefficient (Wildman–Crippen LogP) is 4.06. The van der Waals surface area contributed by atoms with Crippen LogP contribution in [0.1, 0.15) is 36.5 Å². The number of alkyl halides is 3. The maximum atomic E-state index is 12.6. The molecule has 1 aliphatic heterocycles. The Balaban J connectivity index is 1.99. The van der Waals surface area contributed by atoms with Crippen molar-refractivity contribution in [2.24, 2.45) is 5.92 Å². The van der Waals surface area contributed by atoms with E-state index in [1.165, 1.54) is 0 Å². The number of carbonyl (C=O) groups excluding carboxylic acids is 1. The minimum absolute atomic E-state index is 0.0762. The van der Waals surface area contributed by atoms with E-state index in [2.05, 4.69) is 0 Å². The van der Waals surface area contributed by atoms with Gasteiger partial charge in [0.25, 0.3) is 0 Å². The van der Waals surface area contributed by atoms with Gasteiger partial charge in [-0.3, -0.25) is 4.79 Å². The molecule has 1 saturated heterocycles. The molecule has 0 saturated carbocycles. The Labute approximate surface area is 116 Å². The highest BCUT2D eigenvalue weighted by molar-refractivity contribution is 5.96. The van der Waals surface area contributed by atoms with Crippen molar-refractivity contribution >= 4 is 11.5 Å². The summed E-state index contributed by atoms with van der Waals surface area (Å²) in [7, 11) is 0. The summed E-state index contributed by atoms with van der Waals surface area (Å²) in [5.41, 5.74) is 1.54. The van der Waals surface area contributed by atoms with E-state index in [4.69, 9.17) is 0 Å². The van der Waals surface area contributed by atoms with Gasteiger partial charge >= 0.3 is 6.18 Å². The Morgan fingerprint density at radius 1 is 1.20 bits per heavy atom. The van der Waals surface area contributed by atoms with Crippen LogP contribution in [0, 0.1) is 5.92 Å². The number of nitrogens with zero attached hydrogens (tertiary/aromatic N) is 1. The van der Waals surface area contributed by atoms with Crippen molar-refractivity contribution in [3.63, 3.8) is 0 Å². The van der Waals surface area contributed by atoms with Crippen molar-refractivity contribution in [3.05, 3.63) is 29.8 Å². The number of benzene rings is 1. The number of Topliss-reactive ketones (excluding diaryl/α,β-unsaturated/α-hetero) is 1. The molecule has 110 valence electrons. The lowest BCUT2D eigenvalue weighted by Crippen LogP contribution is -2.38. The van der Waals surface area contributed by atoms with Crippen LogP contribution in [0.4, 0.5) is 18.9 Å². The van der Waals surface area contributed by atoms with Crippen LogP contribution >= 0.6 is 0 Å². The van der Waals surface area contributed by atoms with Crippen molar-refractivity contribution in [3.8, 4) is 0 Å². The van der Waals surface area contributed by atoms with Crippen LogP contribution < -0.4 is 4.90 Å². The molecule has 1 heterocycles. The first-order valence-electron chi connectivity index (χ1n) is 6.86. The second kappa shape index (κ2) is 5.85. The van der Waals surface area contributed by atoms with E-state index in [9.17, 15) is 18.0 Å². The molecule has 0 bridgehead atoms. The van der Waals surface area contributed by atoms with Crippen LogP contribution in [0.25, 0.3) is 0 Å².